The van der Waals surface area contributed by atoms with Gasteiger partial charge in [0.25, 0.3) is 0 Å². The SMILES string of the molecule is CCC[C@]1(O)CC[C@H]2[C@@H]3CC[C@H]4CC(=O)[C@H](C)C[C@]4(C)[C@H]3CC[C@@]21C. The molecule has 1 N–H and O–H groups in total. The molecule has 0 unspecified atom stereocenters. The van der Waals surface area contributed by atoms with E-state index in [9.17, 15) is 9.90 Å². The van der Waals surface area contributed by atoms with Crippen LogP contribution in [-0.4, -0.2) is 16.5 Å². The number of aliphatic hydroxyl groups is 1. The summed E-state index contributed by atoms with van der Waals surface area (Å²) in [6.45, 7) is 9.31. The van der Waals surface area contributed by atoms with E-state index in [1.54, 1.807) is 0 Å². The molecule has 4 aliphatic rings. The zero-order chi connectivity index (χ0) is 18.0. The molecule has 0 aliphatic heterocycles. The third-order valence-electron chi connectivity index (χ3n) is 9.79. The number of rotatable bonds is 2. The minimum Gasteiger partial charge on any atom is -0.389 e. The van der Waals surface area contributed by atoms with E-state index < -0.39 is 5.60 Å². The Morgan fingerprint density at radius 3 is 2.52 bits per heavy atom. The molecule has 4 saturated carbocycles. The van der Waals surface area contributed by atoms with Gasteiger partial charge in [0.15, 0.2) is 0 Å². The fourth-order valence-electron chi connectivity index (χ4n) is 8.34. The first-order valence-electron chi connectivity index (χ1n) is 11.0. The van der Waals surface area contributed by atoms with Crippen LogP contribution in [0.5, 0.6) is 0 Å². The maximum Gasteiger partial charge on any atom is 0.136 e. The van der Waals surface area contributed by atoms with E-state index in [1.807, 2.05) is 0 Å². The van der Waals surface area contributed by atoms with Gasteiger partial charge < -0.3 is 5.11 Å². The van der Waals surface area contributed by atoms with Gasteiger partial charge >= 0.3 is 0 Å². The van der Waals surface area contributed by atoms with Crippen molar-refractivity contribution in [2.24, 2.45) is 40.4 Å². The van der Waals surface area contributed by atoms with Gasteiger partial charge in [-0.2, -0.15) is 0 Å². The lowest BCUT2D eigenvalue weighted by Gasteiger charge is -2.61. The Bertz CT molecular complexity index is 556. The molecule has 4 rings (SSSR count). The molecule has 0 aromatic rings. The summed E-state index contributed by atoms with van der Waals surface area (Å²) in [5, 5.41) is 11.5. The molecule has 2 heteroatoms. The molecule has 0 saturated heterocycles. The second kappa shape index (κ2) is 5.81. The Morgan fingerprint density at radius 2 is 1.80 bits per heavy atom. The van der Waals surface area contributed by atoms with Crippen LogP contribution >= 0.6 is 0 Å². The van der Waals surface area contributed by atoms with Crippen LogP contribution in [0.3, 0.4) is 0 Å². The molecule has 4 aliphatic carbocycles. The van der Waals surface area contributed by atoms with Gasteiger partial charge in [-0.25, -0.2) is 0 Å². The zero-order valence-corrected chi connectivity index (χ0v) is 16.8. The van der Waals surface area contributed by atoms with Crippen LogP contribution in [0.1, 0.15) is 91.9 Å². The van der Waals surface area contributed by atoms with Crippen LogP contribution in [-0.2, 0) is 4.79 Å². The normalized spacial score (nSPS) is 55.4. The summed E-state index contributed by atoms with van der Waals surface area (Å²) in [4.78, 5) is 12.3. The van der Waals surface area contributed by atoms with Gasteiger partial charge in [0, 0.05) is 12.3 Å². The minimum absolute atomic E-state index is 0.128. The Kier molecular flexibility index (Phi) is 4.19. The topological polar surface area (TPSA) is 37.3 Å². The van der Waals surface area contributed by atoms with Crippen molar-refractivity contribution in [2.45, 2.75) is 97.5 Å². The number of hydrogen-bond donors (Lipinski definition) is 1. The highest BCUT2D eigenvalue weighted by Gasteiger charge is 2.64. The van der Waals surface area contributed by atoms with Crippen molar-refractivity contribution in [3.8, 4) is 0 Å². The number of ketones is 1. The van der Waals surface area contributed by atoms with E-state index in [0.29, 0.717) is 23.0 Å². The highest BCUT2D eigenvalue weighted by atomic mass is 16.3. The summed E-state index contributed by atoms with van der Waals surface area (Å²) in [6, 6.07) is 0. The van der Waals surface area contributed by atoms with E-state index in [-0.39, 0.29) is 11.3 Å². The number of hydrogen-bond acceptors (Lipinski definition) is 2. The molecule has 142 valence electrons. The van der Waals surface area contributed by atoms with Crippen molar-refractivity contribution in [2.75, 3.05) is 0 Å². The van der Waals surface area contributed by atoms with E-state index in [0.717, 1.165) is 43.9 Å². The van der Waals surface area contributed by atoms with Crippen molar-refractivity contribution in [1.82, 2.24) is 0 Å². The fraction of sp³-hybridized carbons (Fsp3) is 0.957. The Morgan fingerprint density at radius 1 is 1.08 bits per heavy atom. The lowest BCUT2D eigenvalue weighted by Crippen LogP contribution is -2.57. The average molecular weight is 347 g/mol. The van der Waals surface area contributed by atoms with Crippen LogP contribution in [0.25, 0.3) is 0 Å². The zero-order valence-electron chi connectivity index (χ0n) is 16.8. The van der Waals surface area contributed by atoms with Gasteiger partial charge in [0.2, 0.25) is 0 Å². The highest BCUT2D eigenvalue weighted by Crippen LogP contribution is 2.68. The highest BCUT2D eigenvalue weighted by molar-refractivity contribution is 5.82. The van der Waals surface area contributed by atoms with Crippen LogP contribution in [0.15, 0.2) is 0 Å². The van der Waals surface area contributed by atoms with Crippen molar-refractivity contribution in [3.63, 3.8) is 0 Å². The standard InChI is InChI=1S/C23H38O2/c1-5-10-23(25)12-9-19-17-7-6-16-13-20(24)15(2)14-21(16,3)18(17)8-11-22(19,23)4/h15-19,25H,5-14H2,1-4H3/t15-,16+,17-,18+,19+,21+,22+,23+/m1/s1. The van der Waals surface area contributed by atoms with E-state index in [1.165, 1.54) is 32.1 Å². The fourth-order valence-corrected chi connectivity index (χ4v) is 8.34. The molecule has 0 heterocycles. The van der Waals surface area contributed by atoms with E-state index in [4.69, 9.17) is 0 Å². The largest absolute Gasteiger partial charge is 0.389 e. The number of Topliss-reactive ketones (excluding diaryl/α,β-unsaturated/α-hetero) is 1. The maximum atomic E-state index is 12.3. The molecule has 0 amide bonds. The molecule has 0 aromatic heterocycles. The monoisotopic (exact) mass is 346 g/mol. The van der Waals surface area contributed by atoms with Crippen LogP contribution < -0.4 is 0 Å². The lowest BCUT2D eigenvalue weighted by atomic mass is 9.43. The van der Waals surface area contributed by atoms with E-state index in [2.05, 4.69) is 27.7 Å². The van der Waals surface area contributed by atoms with Crippen molar-refractivity contribution in [3.05, 3.63) is 0 Å². The van der Waals surface area contributed by atoms with Crippen molar-refractivity contribution < 1.29 is 9.90 Å². The van der Waals surface area contributed by atoms with Crippen molar-refractivity contribution >= 4 is 5.78 Å². The van der Waals surface area contributed by atoms with Crippen LogP contribution in [0.2, 0.25) is 0 Å². The van der Waals surface area contributed by atoms with Gasteiger partial charge in [-0.3, -0.25) is 4.79 Å². The Balaban J connectivity index is 1.63. The Labute approximate surface area is 154 Å². The maximum absolute atomic E-state index is 12.3. The molecular formula is C23H38O2. The predicted molar refractivity (Wildman–Crippen MR) is 101 cm³/mol. The third kappa shape index (κ3) is 2.35. The predicted octanol–water partition coefficient (Wildman–Crippen LogP) is 5.38. The van der Waals surface area contributed by atoms with Gasteiger partial charge in [0.1, 0.15) is 5.78 Å². The van der Waals surface area contributed by atoms with Gasteiger partial charge in [-0.05, 0) is 85.9 Å². The molecule has 25 heavy (non-hydrogen) atoms. The quantitative estimate of drug-likeness (QED) is 0.729. The second-order valence-electron chi connectivity index (χ2n) is 10.7. The molecule has 2 nitrogen and oxygen atoms in total. The summed E-state index contributed by atoms with van der Waals surface area (Å²) in [6.07, 6.45) is 11.3. The molecule has 0 radical (unpaired) electrons. The summed E-state index contributed by atoms with van der Waals surface area (Å²) in [5.41, 5.74) is 0.0669. The van der Waals surface area contributed by atoms with Crippen LogP contribution in [0, 0.1) is 40.4 Å². The summed E-state index contributed by atoms with van der Waals surface area (Å²) >= 11 is 0. The molecule has 8 atom stereocenters. The number of fused-ring (bicyclic) bond motifs is 5. The molecule has 0 spiro atoms. The average Bonchev–Trinajstić information content (AvgIpc) is 2.81. The van der Waals surface area contributed by atoms with Gasteiger partial charge in [-0.15, -0.1) is 0 Å². The smallest absolute Gasteiger partial charge is 0.136 e. The molecule has 0 aromatic carbocycles. The summed E-state index contributed by atoms with van der Waals surface area (Å²) in [7, 11) is 0. The first-order valence-corrected chi connectivity index (χ1v) is 11.0. The Hall–Kier alpha value is -0.370. The first-order chi connectivity index (χ1) is 11.7. The molecule has 0 bridgehead atoms. The minimum atomic E-state index is -0.426. The number of carbonyl (C=O) groups excluding carboxylic acids is 1. The first kappa shape index (κ1) is 18.0. The third-order valence-corrected chi connectivity index (χ3v) is 9.79. The van der Waals surface area contributed by atoms with Gasteiger partial charge in [0.05, 0.1) is 5.60 Å². The summed E-state index contributed by atoms with van der Waals surface area (Å²) in [5.74, 6) is 3.66. The molecular weight excluding hydrogens is 308 g/mol. The van der Waals surface area contributed by atoms with Crippen LogP contribution in [0.4, 0.5) is 0 Å². The summed E-state index contributed by atoms with van der Waals surface area (Å²) < 4.78 is 0. The second-order valence-corrected chi connectivity index (χ2v) is 10.7. The van der Waals surface area contributed by atoms with Gasteiger partial charge in [-0.1, -0.05) is 34.1 Å². The number of carbonyl (C=O) groups is 1. The molecule has 4 fully saturated rings. The lowest BCUT2D eigenvalue weighted by molar-refractivity contribution is -0.162. The van der Waals surface area contributed by atoms with Crippen molar-refractivity contribution in [1.29, 1.82) is 0 Å². The van der Waals surface area contributed by atoms with E-state index >= 15 is 0 Å².